The fourth-order valence-electron chi connectivity index (χ4n) is 3.22. The number of rotatable bonds is 7. The molecule has 34 heavy (non-hydrogen) atoms. The monoisotopic (exact) mass is 484 g/mol. The van der Waals surface area contributed by atoms with Gasteiger partial charge in [0.1, 0.15) is 0 Å². The highest BCUT2D eigenvalue weighted by atomic mass is 16.5. The van der Waals surface area contributed by atoms with Gasteiger partial charge in [-0.25, -0.2) is 0 Å². The molecule has 0 spiro atoms. The minimum Gasteiger partial charge on any atom is -0.384 e. The predicted octanol–water partition coefficient (Wildman–Crippen LogP) is 5.34. The second kappa shape index (κ2) is 19.2. The zero-order valence-electron chi connectivity index (χ0n) is 23.4. The van der Waals surface area contributed by atoms with Crippen molar-refractivity contribution in [1.29, 1.82) is 0 Å². The summed E-state index contributed by atoms with van der Waals surface area (Å²) in [7, 11) is 5.19. The van der Waals surface area contributed by atoms with Crippen LogP contribution in [0.4, 0.5) is 0 Å². The fourth-order valence-corrected chi connectivity index (χ4v) is 3.22. The first-order valence-electron chi connectivity index (χ1n) is 12.6. The lowest BCUT2D eigenvalue weighted by atomic mass is 9.84. The molecule has 6 nitrogen and oxygen atoms in total. The maximum absolute atomic E-state index is 5.10. The van der Waals surface area contributed by atoms with Gasteiger partial charge in [-0.15, -0.1) is 0 Å². The van der Waals surface area contributed by atoms with Crippen molar-refractivity contribution >= 4 is 0 Å². The Morgan fingerprint density at radius 3 is 1.38 bits per heavy atom. The second-order valence-electron chi connectivity index (χ2n) is 9.53. The Hall–Kier alpha value is -1.02. The van der Waals surface area contributed by atoms with Crippen LogP contribution in [-0.4, -0.2) is 80.8 Å². The predicted molar refractivity (Wildman–Crippen MR) is 140 cm³/mol. The summed E-state index contributed by atoms with van der Waals surface area (Å²) in [6, 6.07) is 8.48. The van der Waals surface area contributed by atoms with E-state index < -0.39 is 0 Å². The van der Waals surface area contributed by atoms with Gasteiger partial charge in [0, 0.05) is 38.1 Å². The number of methoxy groups -OCH3 is 3. The topological polar surface area (TPSA) is 55.4 Å². The molecule has 3 saturated heterocycles. The first-order chi connectivity index (χ1) is 16.3. The summed E-state index contributed by atoms with van der Waals surface area (Å²) in [5.74, 6) is 0.685. The molecule has 3 aliphatic rings. The fraction of sp³-hybridized carbons (Fsp3) is 0.786. The van der Waals surface area contributed by atoms with Crippen LogP contribution in [0.25, 0.3) is 0 Å². The molecule has 0 aromatic heterocycles. The van der Waals surface area contributed by atoms with Gasteiger partial charge in [0.2, 0.25) is 0 Å². The zero-order chi connectivity index (χ0) is 25.9. The Kier molecular flexibility index (Phi) is 18.6. The third-order valence-electron chi connectivity index (χ3n) is 5.74. The van der Waals surface area contributed by atoms with E-state index in [4.69, 9.17) is 28.4 Å². The molecule has 0 N–H and O–H groups in total. The van der Waals surface area contributed by atoms with E-state index in [1.54, 1.807) is 21.3 Å². The van der Waals surface area contributed by atoms with Crippen molar-refractivity contribution in [2.45, 2.75) is 48.0 Å². The minimum absolute atomic E-state index is 0.328. The SMILES string of the molecule is CC.CCC1(COC)COC1.COCC1(C)COC1.COCC1COC1.Cc1ccc(C)cc1. The molecular formula is C28H52O6. The smallest absolute Gasteiger partial charge is 0.0566 e. The van der Waals surface area contributed by atoms with E-state index in [2.05, 4.69) is 52.0 Å². The van der Waals surface area contributed by atoms with Crippen molar-refractivity contribution in [3.05, 3.63) is 35.4 Å². The maximum atomic E-state index is 5.10. The molecule has 0 unspecified atom stereocenters. The third-order valence-corrected chi connectivity index (χ3v) is 5.74. The summed E-state index contributed by atoms with van der Waals surface area (Å²) in [6.07, 6.45) is 1.17. The van der Waals surface area contributed by atoms with Crippen molar-refractivity contribution in [2.24, 2.45) is 16.7 Å². The van der Waals surface area contributed by atoms with Crippen LogP contribution in [0.5, 0.6) is 0 Å². The highest BCUT2D eigenvalue weighted by Gasteiger charge is 2.36. The quantitative estimate of drug-likeness (QED) is 0.521. The van der Waals surface area contributed by atoms with Gasteiger partial charge in [0.25, 0.3) is 0 Å². The van der Waals surface area contributed by atoms with Crippen LogP contribution in [0.3, 0.4) is 0 Å². The molecule has 3 heterocycles. The van der Waals surface area contributed by atoms with Gasteiger partial charge < -0.3 is 28.4 Å². The molecule has 6 heteroatoms. The first kappa shape index (κ1) is 33.0. The van der Waals surface area contributed by atoms with E-state index in [9.17, 15) is 0 Å². The molecule has 0 atom stereocenters. The molecule has 0 saturated carbocycles. The summed E-state index contributed by atoms with van der Waals surface area (Å²) in [4.78, 5) is 0. The van der Waals surface area contributed by atoms with E-state index in [0.29, 0.717) is 16.7 Å². The highest BCUT2D eigenvalue weighted by Crippen LogP contribution is 2.30. The Morgan fingerprint density at radius 1 is 0.765 bits per heavy atom. The average Bonchev–Trinajstić information content (AvgIpc) is 2.77. The van der Waals surface area contributed by atoms with Crippen LogP contribution in [0.1, 0.15) is 45.2 Å². The molecule has 4 rings (SSSR count). The summed E-state index contributed by atoms with van der Waals surface area (Å²) < 4.78 is 29.9. The molecule has 0 radical (unpaired) electrons. The molecule has 0 aliphatic carbocycles. The van der Waals surface area contributed by atoms with Crippen molar-refractivity contribution < 1.29 is 28.4 Å². The third kappa shape index (κ3) is 13.8. The molecule has 200 valence electrons. The van der Waals surface area contributed by atoms with Crippen LogP contribution in [-0.2, 0) is 28.4 Å². The summed E-state index contributed by atoms with van der Waals surface area (Å²) in [6.45, 7) is 20.4. The van der Waals surface area contributed by atoms with Gasteiger partial charge in [-0.05, 0) is 20.3 Å². The standard InChI is InChI=1S/C8H10.C7H14O2.C6H12O2.C5H10O2.C2H6/c1-7-3-5-8(2)6-4-7;1-3-7(4-8-2)5-9-6-7;1-6(3-7-2)4-8-5-6;1-6-2-5-3-7-4-5;1-2/h3-6H,1-2H3;3-6H2,1-2H3;3-5H2,1-2H3;5H,2-4H2,1H3;1-2H3. The number of benzene rings is 1. The molecular weight excluding hydrogens is 432 g/mol. The van der Waals surface area contributed by atoms with Gasteiger partial charge >= 0.3 is 0 Å². The summed E-state index contributed by atoms with van der Waals surface area (Å²) in [5.41, 5.74) is 3.36. The van der Waals surface area contributed by atoms with Crippen LogP contribution in [0.2, 0.25) is 0 Å². The van der Waals surface area contributed by atoms with Crippen molar-refractivity contribution in [3.8, 4) is 0 Å². The summed E-state index contributed by atoms with van der Waals surface area (Å²) in [5, 5.41) is 0. The molecule has 0 amide bonds. The Bertz CT molecular complexity index is 551. The van der Waals surface area contributed by atoms with Crippen molar-refractivity contribution in [3.63, 3.8) is 0 Å². The van der Waals surface area contributed by atoms with Crippen molar-refractivity contribution in [2.75, 3.05) is 80.8 Å². The lowest BCUT2D eigenvalue weighted by Crippen LogP contribution is -2.45. The number of ether oxygens (including phenoxy) is 6. The number of aryl methyl sites for hydroxylation is 2. The van der Waals surface area contributed by atoms with E-state index in [1.807, 2.05) is 13.8 Å². The number of hydrogen-bond acceptors (Lipinski definition) is 6. The van der Waals surface area contributed by atoms with E-state index in [1.165, 1.54) is 17.5 Å². The van der Waals surface area contributed by atoms with Gasteiger partial charge in [-0.1, -0.05) is 63.1 Å². The van der Waals surface area contributed by atoms with E-state index in [0.717, 1.165) is 59.5 Å². The normalized spacial score (nSPS) is 18.9. The van der Waals surface area contributed by atoms with E-state index in [-0.39, 0.29) is 0 Å². The van der Waals surface area contributed by atoms with Crippen LogP contribution in [0.15, 0.2) is 24.3 Å². The zero-order valence-corrected chi connectivity index (χ0v) is 23.4. The number of hydrogen-bond donors (Lipinski definition) is 0. The molecule has 3 aliphatic heterocycles. The first-order valence-corrected chi connectivity index (χ1v) is 12.6. The average molecular weight is 485 g/mol. The Labute approximate surface area is 209 Å². The lowest BCUT2D eigenvalue weighted by Gasteiger charge is -2.39. The van der Waals surface area contributed by atoms with Gasteiger partial charge in [-0.2, -0.15) is 0 Å². The van der Waals surface area contributed by atoms with E-state index >= 15 is 0 Å². The van der Waals surface area contributed by atoms with Gasteiger partial charge in [0.05, 0.1) is 59.5 Å². The second-order valence-corrected chi connectivity index (χ2v) is 9.53. The highest BCUT2D eigenvalue weighted by molar-refractivity contribution is 5.19. The minimum atomic E-state index is 0.328. The lowest BCUT2D eigenvalue weighted by molar-refractivity contribution is -0.144. The van der Waals surface area contributed by atoms with Crippen LogP contribution >= 0.6 is 0 Å². The van der Waals surface area contributed by atoms with Crippen LogP contribution in [0, 0.1) is 30.6 Å². The molecule has 1 aromatic carbocycles. The Morgan fingerprint density at radius 2 is 1.24 bits per heavy atom. The maximum Gasteiger partial charge on any atom is 0.0566 e. The molecule has 3 fully saturated rings. The van der Waals surface area contributed by atoms with Crippen LogP contribution < -0.4 is 0 Å². The Balaban J connectivity index is 0.000000418. The molecule has 1 aromatic rings. The summed E-state index contributed by atoms with van der Waals surface area (Å²) >= 11 is 0. The van der Waals surface area contributed by atoms with Crippen molar-refractivity contribution in [1.82, 2.24) is 0 Å². The largest absolute Gasteiger partial charge is 0.384 e. The molecule has 0 bridgehead atoms. The van der Waals surface area contributed by atoms with Gasteiger partial charge in [0.15, 0.2) is 0 Å². The van der Waals surface area contributed by atoms with Gasteiger partial charge in [-0.3, -0.25) is 0 Å².